The number of benzene rings is 1. The van der Waals surface area contributed by atoms with E-state index in [1.54, 1.807) is 4.90 Å². The molecule has 27 heavy (non-hydrogen) atoms. The van der Waals surface area contributed by atoms with Crippen LogP contribution in [0.5, 0.6) is 0 Å². The molecule has 8 nitrogen and oxygen atoms in total. The van der Waals surface area contributed by atoms with Gasteiger partial charge in [-0.25, -0.2) is 9.78 Å². The average molecular weight is 368 g/mol. The van der Waals surface area contributed by atoms with Crippen molar-refractivity contribution in [2.45, 2.75) is 31.7 Å². The van der Waals surface area contributed by atoms with E-state index in [2.05, 4.69) is 9.97 Å². The van der Waals surface area contributed by atoms with Crippen LogP contribution in [0.1, 0.15) is 31.1 Å². The zero-order valence-corrected chi connectivity index (χ0v) is 14.8. The minimum Gasteiger partial charge on any atom is -0.440 e. The Bertz CT molecular complexity index is 1050. The first-order valence-corrected chi connectivity index (χ1v) is 9.03. The molecule has 1 aromatic carbocycles. The molecule has 1 saturated heterocycles. The zero-order chi connectivity index (χ0) is 18.8. The van der Waals surface area contributed by atoms with E-state index in [0.29, 0.717) is 19.0 Å². The molecule has 1 atom stereocenters. The Morgan fingerprint density at radius 2 is 2.11 bits per heavy atom. The third kappa shape index (κ3) is 3.69. The van der Waals surface area contributed by atoms with Crippen LogP contribution in [0, 0.1) is 0 Å². The Labute approximate surface area is 154 Å². The number of amides is 1. The molecule has 0 bridgehead atoms. The molecule has 1 N–H and O–H groups in total. The van der Waals surface area contributed by atoms with Gasteiger partial charge in [-0.1, -0.05) is 12.1 Å². The number of carbonyl (C=O) groups is 1. The van der Waals surface area contributed by atoms with Crippen molar-refractivity contribution in [3.05, 3.63) is 63.3 Å². The van der Waals surface area contributed by atoms with Crippen LogP contribution >= 0.6 is 0 Å². The second kappa shape index (κ2) is 7.22. The van der Waals surface area contributed by atoms with E-state index in [1.807, 2.05) is 24.3 Å². The van der Waals surface area contributed by atoms with Gasteiger partial charge in [0, 0.05) is 38.3 Å². The van der Waals surface area contributed by atoms with Gasteiger partial charge in [0.05, 0.1) is 5.92 Å². The number of fused-ring (bicyclic) bond motifs is 1. The molecule has 3 heterocycles. The zero-order valence-electron chi connectivity index (χ0n) is 14.8. The Kier molecular flexibility index (Phi) is 4.62. The predicted octanol–water partition coefficient (Wildman–Crippen LogP) is 1.47. The van der Waals surface area contributed by atoms with E-state index in [4.69, 9.17) is 4.42 Å². The Morgan fingerprint density at radius 3 is 2.93 bits per heavy atom. The quantitative estimate of drug-likeness (QED) is 0.751. The average Bonchev–Trinajstić information content (AvgIpc) is 3.11. The highest BCUT2D eigenvalue weighted by molar-refractivity contribution is 5.76. The number of aromatic nitrogens is 3. The number of rotatable bonds is 4. The lowest BCUT2D eigenvalue weighted by atomic mass is 9.97. The molecule has 8 heteroatoms. The summed E-state index contributed by atoms with van der Waals surface area (Å²) in [7, 11) is 0. The largest absolute Gasteiger partial charge is 0.440 e. The van der Waals surface area contributed by atoms with E-state index in [0.717, 1.165) is 23.9 Å². The number of piperidine rings is 1. The monoisotopic (exact) mass is 368 g/mol. The molecule has 140 valence electrons. The molecule has 4 rings (SSSR count). The van der Waals surface area contributed by atoms with Gasteiger partial charge in [-0.3, -0.25) is 14.6 Å². The lowest BCUT2D eigenvalue weighted by Crippen LogP contribution is -2.40. The van der Waals surface area contributed by atoms with Crippen LogP contribution in [0.2, 0.25) is 0 Å². The SMILES string of the molecule is O=C(CCn1ccc(=O)[nH]c1=O)N1CCC[C@@H](c2nc3ccccc3o2)C1. The van der Waals surface area contributed by atoms with Gasteiger partial charge in [0.1, 0.15) is 5.52 Å². The van der Waals surface area contributed by atoms with Gasteiger partial charge in [-0.05, 0) is 25.0 Å². The summed E-state index contributed by atoms with van der Waals surface area (Å²) >= 11 is 0. The fourth-order valence-electron chi connectivity index (χ4n) is 3.46. The van der Waals surface area contributed by atoms with E-state index in [1.165, 1.54) is 16.8 Å². The lowest BCUT2D eigenvalue weighted by molar-refractivity contribution is -0.132. The van der Waals surface area contributed by atoms with Crippen molar-refractivity contribution in [1.29, 1.82) is 0 Å². The number of H-pyrrole nitrogens is 1. The standard InChI is InChI=1S/C19H20N4O4/c24-16-7-10-22(19(26)21-16)11-8-17(25)23-9-3-4-13(12-23)18-20-14-5-1-2-6-15(14)27-18/h1-2,5-7,10,13H,3-4,8-9,11-12H2,(H,21,24,26)/t13-/m1/s1. The van der Waals surface area contributed by atoms with Gasteiger partial charge in [-0.15, -0.1) is 0 Å². The summed E-state index contributed by atoms with van der Waals surface area (Å²) in [5.74, 6) is 0.727. The first-order chi connectivity index (χ1) is 13.1. The molecule has 0 aliphatic carbocycles. The number of hydrogen-bond donors (Lipinski definition) is 1. The molecule has 1 fully saturated rings. The van der Waals surface area contributed by atoms with Gasteiger partial charge < -0.3 is 13.9 Å². The summed E-state index contributed by atoms with van der Waals surface area (Å²) in [6.45, 7) is 1.49. The smallest absolute Gasteiger partial charge is 0.328 e. The van der Waals surface area contributed by atoms with Gasteiger partial charge in [0.2, 0.25) is 5.91 Å². The maximum Gasteiger partial charge on any atom is 0.328 e. The highest BCUT2D eigenvalue weighted by Gasteiger charge is 2.27. The summed E-state index contributed by atoms with van der Waals surface area (Å²) in [6.07, 6.45) is 3.42. The third-order valence-corrected chi connectivity index (χ3v) is 4.90. The number of likely N-dealkylation sites (tertiary alicyclic amines) is 1. The Hall–Kier alpha value is -3.16. The minimum atomic E-state index is -0.502. The summed E-state index contributed by atoms with van der Waals surface area (Å²) in [6, 6.07) is 8.91. The molecule has 0 radical (unpaired) electrons. The molecular formula is C19H20N4O4. The van der Waals surface area contributed by atoms with Crippen LogP contribution in [0.4, 0.5) is 0 Å². The summed E-state index contributed by atoms with van der Waals surface area (Å²) in [4.78, 5) is 44.0. The second-order valence-electron chi connectivity index (χ2n) is 6.75. The molecule has 0 unspecified atom stereocenters. The van der Waals surface area contributed by atoms with Gasteiger partial charge >= 0.3 is 5.69 Å². The van der Waals surface area contributed by atoms with Crippen molar-refractivity contribution in [3.8, 4) is 0 Å². The Morgan fingerprint density at radius 1 is 1.26 bits per heavy atom. The number of aryl methyl sites for hydroxylation is 1. The fraction of sp³-hybridized carbons (Fsp3) is 0.368. The van der Waals surface area contributed by atoms with Gasteiger partial charge in [0.25, 0.3) is 5.56 Å². The molecule has 0 spiro atoms. The van der Waals surface area contributed by atoms with Crippen molar-refractivity contribution < 1.29 is 9.21 Å². The lowest BCUT2D eigenvalue weighted by Gasteiger charge is -2.31. The Balaban J connectivity index is 1.42. The van der Waals surface area contributed by atoms with Gasteiger partial charge in [-0.2, -0.15) is 0 Å². The fourth-order valence-corrected chi connectivity index (χ4v) is 3.46. The van der Waals surface area contributed by atoms with Crippen LogP contribution < -0.4 is 11.2 Å². The second-order valence-corrected chi connectivity index (χ2v) is 6.75. The number of carbonyl (C=O) groups excluding carboxylic acids is 1. The van der Waals surface area contributed by atoms with Crippen molar-refractivity contribution in [2.24, 2.45) is 0 Å². The van der Waals surface area contributed by atoms with E-state index < -0.39 is 11.2 Å². The first-order valence-electron chi connectivity index (χ1n) is 9.03. The molecule has 3 aromatic rings. The van der Waals surface area contributed by atoms with Crippen molar-refractivity contribution in [1.82, 2.24) is 19.4 Å². The number of aromatic amines is 1. The molecule has 1 aliphatic rings. The topological polar surface area (TPSA) is 101 Å². The molecule has 0 saturated carbocycles. The van der Waals surface area contributed by atoms with Crippen LogP contribution in [0.15, 0.2) is 50.5 Å². The number of para-hydroxylation sites is 2. The summed E-state index contributed by atoms with van der Waals surface area (Å²) < 4.78 is 7.20. The van der Waals surface area contributed by atoms with Crippen LogP contribution in [-0.2, 0) is 11.3 Å². The normalized spacial score (nSPS) is 17.3. The molecular weight excluding hydrogens is 348 g/mol. The van der Waals surface area contributed by atoms with Crippen molar-refractivity contribution in [3.63, 3.8) is 0 Å². The van der Waals surface area contributed by atoms with Crippen LogP contribution in [0.3, 0.4) is 0 Å². The van der Waals surface area contributed by atoms with E-state index in [9.17, 15) is 14.4 Å². The molecule has 2 aromatic heterocycles. The van der Waals surface area contributed by atoms with Crippen LogP contribution in [0.25, 0.3) is 11.1 Å². The van der Waals surface area contributed by atoms with E-state index in [-0.39, 0.29) is 24.8 Å². The van der Waals surface area contributed by atoms with Crippen molar-refractivity contribution >= 4 is 17.0 Å². The predicted molar refractivity (Wildman–Crippen MR) is 98.5 cm³/mol. The number of oxazole rings is 1. The maximum atomic E-state index is 12.6. The maximum absolute atomic E-state index is 12.6. The number of hydrogen-bond acceptors (Lipinski definition) is 5. The third-order valence-electron chi connectivity index (χ3n) is 4.90. The first kappa shape index (κ1) is 17.3. The minimum absolute atomic E-state index is 0.0195. The van der Waals surface area contributed by atoms with Crippen molar-refractivity contribution in [2.75, 3.05) is 13.1 Å². The van der Waals surface area contributed by atoms with Gasteiger partial charge in [0.15, 0.2) is 11.5 Å². The summed E-state index contributed by atoms with van der Waals surface area (Å²) in [5, 5.41) is 0. The highest BCUT2D eigenvalue weighted by atomic mass is 16.3. The molecule has 1 aliphatic heterocycles. The number of nitrogens with one attached hydrogen (secondary N) is 1. The highest BCUT2D eigenvalue weighted by Crippen LogP contribution is 2.29. The number of nitrogens with zero attached hydrogens (tertiary/aromatic N) is 3. The van der Waals surface area contributed by atoms with Crippen LogP contribution in [-0.4, -0.2) is 38.4 Å². The summed E-state index contributed by atoms with van der Waals surface area (Å²) in [5.41, 5.74) is 0.639. The van der Waals surface area contributed by atoms with E-state index >= 15 is 0 Å². The molecule has 1 amide bonds.